The Hall–Kier alpha value is -1.22. The average molecular weight is 196 g/mol. The van der Waals surface area contributed by atoms with Crippen LogP contribution in [0.4, 0.5) is 0 Å². The second-order valence-corrected chi connectivity index (χ2v) is 2.99. The predicted octanol–water partition coefficient (Wildman–Crippen LogP) is 1.76. The van der Waals surface area contributed by atoms with Crippen molar-refractivity contribution in [3.05, 3.63) is 23.3 Å². The zero-order valence-corrected chi connectivity index (χ0v) is 8.83. The minimum absolute atomic E-state index is 0.0313. The van der Waals surface area contributed by atoms with Gasteiger partial charge in [0.2, 0.25) is 0 Å². The Balaban J connectivity index is 3.20. The van der Waals surface area contributed by atoms with Gasteiger partial charge in [0, 0.05) is 0 Å². The van der Waals surface area contributed by atoms with Gasteiger partial charge in [-0.25, -0.2) is 0 Å². The van der Waals surface area contributed by atoms with E-state index >= 15 is 0 Å². The quantitative estimate of drug-likeness (QED) is 0.797. The van der Waals surface area contributed by atoms with Crippen LogP contribution in [0, 0.1) is 0 Å². The van der Waals surface area contributed by atoms with Crippen LogP contribution in [0.25, 0.3) is 0 Å². The van der Waals surface area contributed by atoms with Crippen molar-refractivity contribution in [3.8, 4) is 11.5 Å². The molecule has 14 heavy (non-hydrogen) atoms. The Labute approximate surface area is 84.3 Å². The van der Waals surface area contributed by atoms with Crippen LogP contribution in [0.3, 0.4) is 0 Å². The molecule has 0 aliphatic heterocycles. The van der Waals surface area contributed by atoms with Crippen LogP contribution in [-0.4, -0.2) is 19.3 Å². The zero-order chi connectivity index (χ0) is 10.6. The molecule has 1 aromatic rings. The summed E-state index contributed by atoms with van der Waals surface area (Å²) in [6, 6.07) is 3.72. The molecule has 0 aromatic heterocycles. The summed E-state index contributed by atoms with van der Waals surface area (Å²) in [6.45, 7) is 2.07. The highest BCUT2D eigenvalue weighted by molar-refractivity contribution is 5.47. The summed E-state index contributed by atoms with van der Waals surface area (Å²) in [7, 11) is 3.19. The van der Waals surface area contributed by atoms with Gasteiger partial charge in [0.1, 0.15) is 0 Å². The van der Waals surface area contributed by atoms with E-state index in [1.165, 1.54) is 0 Å². The maximum absolute atomic E-state index is 9.14. The van der Waals surface area contributed by atoms with E-state index in [0.717, 1.165) is 17.5 Å². The van der Waals surface area contributed by atoms with Gasteiger partial charge in [0.25, 0.3) is 0 Å². The molecule has 0 heterocycles. The van der Waals surface area contributed by atoms with E-state index in [2.05, 4.69) is 0 Å². The molecule has 78 valence electrons. The van der Waals surface area contributed by atoms with Gasteiger partial charge in [-0.1, -0.05) is 6.92 Å². The number of rotatable bonds is 4. The lowest BCUT2D eigenvalue weighted by Gasteiger charge is -2.12. The van der Waals surface area contributed by atoms with E-state index in [-0.39, 0.29) is 6.61 Å². The molecule has 0 amide bonds. The monoisotopic (exact) mass is 196 g/mol. The molecule has 0 unspecified atom stereocenters. The topological polar surface area (TPSA) is 38.7 Å². The van der Waals surface area contributed by atoms with E-state index in [9.17, 15) is 0 Å². The third-order valence-electron chi connectivity index (χ3n) is 2.26. The van der Waals surface area contributed by atoms with Crippen LogP contribution in [0.15, 0.2) is 12.1 Å². The molecular formula is C11H16O3. The SMILES string of the molecule is CCc1cc(OC)c(OC)cc1CO. The maximum atomic E-state index is 9.14. The number of aliphatic hydroxyl groups excluding tert-OH is 1. The largest absolute Gasteiger partial charge is 0.493 e. The molecule has 1 aromatic carbocycles. The zero-order valence-electron chi connectivity index (χ0n) is 8.83. The molecule has 1 N–H and O–H groups in total. The summed E-state index contributed by atoms with van der Waals surface area (Å²) in [5, 5.41) is 9.14. The first-order valence-electron chi connectivity index (χ1n) is 4.61. The summed E-state index contributed by atoms with van der Waals surface area (Å²) >= 11 is 0. The highest BCUT2D eigenvalue weighted by atomic mass is 16.5. The van der Waals surface area contributed by atoms with Gasteiger partial charge in [-0.15, -0.1) is 0 Å². The van der Waals surface area contributed by atoms with Crippen molar-refractivity contribution >= 4 is 0 Å². The molecule has 0 atom stereocenters. The van der Waals surface area contributed by atoms with Crippen molar-refractivity contribution in [1.29, 1.82) is 0 Å². The summed E-state index contributed by atoms with van der Waals surface area (Å²) < 4.78 is 10.3. The normalized spacial score (nSPS) is 10.0. The van der Waals surface area contributed by atoms with Crippen molar-refractivity contribution in [3.63, 3.8) is 0 Å². The first-order valence-corrected chi connectivity index (χ1v) is 4.61. The van der Waals surface area contributed by atoms with E-state index < -0.39 is 0 Å². The molecule has 0 aliphatic rings. The van der Waals surface area contributed by atoms with Gasteiger partial charge >= 0.3 is 0 Å². The summed E-state index contributed by atoms with van der Waals surface area (Å²) in [4.78, 5) is 0. The fraction of sp³-hybridized carbons (Fsp3) is 0.455. The third-order valence-corrected chi connectivity index (χ3v) is 2.26. The Morgan fingerprint density at radius 2 is 1.57 bits per heavy atom. The van der Waals surface area contributed by atoms with Gasteiger partial charge in [-0.2, -0.15) is 0 Å². The Kier molecular flexibility index (Phi) is 3.77. The highest BCUT2D eigenvalue weighted by Gasteiger charge is 2.08. The minimum Gasteiger partial charge on any atom is -0.493 e. The number of methoxy groups -OCH3 is 2. The molecule has 3 heteroatoms. The van der Waals surface area contributed by atoms with E-state index in [1.54, 1.807) is 14.2 Å². The highest BCUT2D eigenvalue weighted by Crippen LogP contribution is 2.30. The summed E-state index contributed by atoms with van der Waals surface area (Å²) in [5.74, 6) is 1.37. The van der Waals surface area contributed by atoms with E-state index in [4.69, 9.17) is 14.6 Å². The molecule has 0 aliphatic carbocycles. The first kappa shape index (κ1) is 10.9. The Bertz CT molecular complexity index is 249. The van der Waals surface area contributed by atoms with Crippen LogP contribution in [0.2, 0.25) is 0 Å². The van der Waals surface area contributed by atoms with Crippen molar-refractivity contribution in [2.45, 2.75) is 20.0 Å². The van der Waals surface area contributed by atoms with Gasteiger partial charge in [0.05, 0.1) is 20.8 Å². The number of aryl methyl sites for hydroxylation is 1. The van der Waals surface area contributed by atoms with Crippen LogP contribution in [-0.2, 0) is 13.0 Å². The Morgan fingerprint density at radius 3 is 1.93 bits per heavy atom. The fourth-order valence-electron chi connectivity index (χ4n) is 1.44. The molecule has 0 fully saturated rings. The molecular weight excluding hydrogens is 180 g/mol. The Morgan fingerprint density at radius 1 is 1.07 bits per heavy atom. The minimum atomic E-state index is 0.0313. The predicted molar refractivity (Wildman–Crippen MR) is 54.8 cm³/mol. The lowest BCUT2D eigenvalue weighted by Crippen LogP contribution is -1.97. The third kappa shape index (κ3) is 1.99. The van der Waals surface area contributed by atoms with Crippen molar-refractivity contribution in [2.75, 3.05) is 14.2 Å². The fourth-order valence-corrected chi connectivity index (χ4v) is 1.44. The second kappa shape index (κ2) is 4.86. The average Bonchev–Trinajstić information content (AvgIpc) is 2.26. The molecule has 0 saturated carbocycles. The van der Waals surface area contributed by atoms with Crippen molar-refractivity contribution in [2.24, 2.45) is 0 Å². The van der Waals surface area contributed by atoms with Crippen LogP contribution >= 0.6 is 0 Å². The van der Waals surface area contributed by atoms with Crippen molar-refractivity contribution < 1.29 is 14.6 Å². The molecule has 0 bridgehead atoms. The lowest BCUT2D eigenvalue weighted by molar-refractivity contribution is 0.279. The summed E-state index contributed by atoms with van der Waals surface area (Å²) in [5.41, 5.74) is 1.98. The molecule has 0 saturated heterocycles. The van der Waals surface area contributed by atoms with Gasteiger partial charge in [-0.3, -0.25) is 0 Å². The number of benzene rings is 1. The lowest BCUT2D eigenvalue weighted by atomic mass is 10.0. The maximum Gasteiger partial charge on any atom is 0.161 e. The molecule has 3 nitrogen and oxygen atoms in total. The smallest absolute Gasteiger partial charge is 0.161 e. The number of hydrogen-bond donors (Lipinski definition) is 1. The van der Waals surface area contributed by atoms with Gasteiger partial charge in [0.15, 0.2) is 11.5 Å². The number of hydrogen-bond acceptors (Lipinski definition) is 3. The second-order valence-electron chi connectivity index (χ2n) is 2.99. The van der Waals surface area contributed by atoms with Crippen LogP contribution in [0.1, 0.15) is 18.1 Å². The van der Waals surface area contributed by atoms with Crippen LogP contribution in [0.5, 0.6) is 11.5 Å². The van der Waals surface area contributed by atoms with E-state index in [1.807, 2.05) is 19.1 Å². The van der Waals surface area contributed by atoms with Gasteiger partial charge in [-0.05, 0) is 29.7 Å². The standard InChI is InChI=1S/C11H16O3/c1-4-8-5-10(13-2)11(14-3)6-9(8)7-12/h5-6,12H,4,7H2,1-3H3. The molecule has 0 radical (unpaired) electrons. The summed E-state index contributed by atoms with van der Waals surface area (Å²) in [6.07, 6.45) is 0.871. The molecule has 0 spiro atoms. The van der Waals surface area contributed by atoms with E-state index in [0.29, 0.717) is 11.5 Å². The first-order chi connectivity index (χ1) is 6.76. The van der Waals surface area contributed by atoms with Crippen molar-refractivity contribution in [1.82, 2.24) is 0 Å². The number of ether oxygens (including phenoxy) is 2. The molecule has 1 rings (SSSR count). The number of aliphatic hydroxyl groups is 1. The van der Waals surface area contributed by atoms with Crippen LogP contribution < -0.4 is 9.47 Å². The van der Waals surface area contributed by atoms with Gasteiger partial charge < -0.3 is 14.6 Å².